The van der Waals surface area contributed by atoms with Gasteiger partial charge in [-0.2, -0.15) is 0 Å². The van der Waals surface area contributed by atoms with Crippen molar-refractivity contribution < 1.29 is 39.0 Å². The smallest absolute Gasteiger partial charge is 0.492 e. The van der Waals surface area contributed by atoms with Crippen molar-refractivity contribution in [2.45, 2.75) is 81.1 Å². The molecule has 2 aromatic carbocycles. The van der Waals surface area contributed by atoms with Gasteiger partial charge in [-0.15, -0.1) is 0 Å². The fourth-order valence-corrected chi connectivity index (χ4v) is 4.14. The first-order valence-corrected chi connectivity index (χ1v) is 16.1. The monoisotopic (exact) mass is 612 g/mol. The molecule has 0 saturated heterocycles. The van der Waals surface area contributed by atoms with Crippen molar-refractivity contribution in [1.29, 1.82) is 0 Å². The highest BCUT2D eigenvalue weighted by atomic mass is 16.5. The quantitative estimate of drug-likeness (QED) is 0.123. The predicted octanol–water partition coefficient (Wildman–Crippen LogP) is 4.92. The molecular formula is C34H54B2O8. The van der Waals surface area contributed by atoms with E-state index in [2.05, 4.69) is 55.4 Å². The minimum absolute atomic E-state index is 0.241. The topological polar surface area (TPSA) is 118 Å². The van der Waals surface area contributed by atoms with Crippen molar-refractivity contribution in [3.8, 4) is 23.0 Å². The second kappa shape index (κ2) is 19.0. The van der Waals surface area contributed by atoms with E-state index in [4.69, 9.17) is 18.9 Å². The highest BCUT2D eigenvalue weighted by molar-refractivity contribution is 6.60. The van der Waals surface area contributed by atoms with Gasteiger partial charge in [-0.3, -0.25) is 0 Å². The van der Waals surface area contributed by atoms with Crippen molar-refractivity contribution >= 4 is 37.3 Å². The third kappa shape index (κ3) is 13.1. The molecule has 2 aromatic rings. The fraction of sp³-hybridized carbons (Fsp3) is 0.588. The Balaban J connectivity index is 2.60. The van der Waals surface area contributed by atoms with Crippen LogP contribution in [0.2, 0.25) is 0 Å². The van der Waals surface area contributed by atoms with Gasteiger partial charge in [0.05, 0.1) is 26.4 Å². The number of hydrogen-bond donors (Lipinski definition) is 4. The van der Waals surface area contributed by atoms with E-state index < -0.39 is 14.2 Å². The van der Waals surface area contributed by atoms with E-state index >= 15 is 0 Å². The van der Waals surface area contributed by atoms with E-state index in [0.717, 1.165) is 25.7 Å². The van der Waals surface area contributed by atoms with Crippen molar-refractivity contribution in [1.82, 2.24) is 0 Å². The van der Waals surface area contributed by atoms with Crippen LogP contribution in [0.4, 0.5) is 0 Å². The van der Waals surface area contributed by atoms with Crippen LogP contribution < -0.4 is 29.9 Å². The lowest BCUT2D eigenvalue weighted by atomic mass is 9.78. The molecule has 0 amide bonds. The molecule has 0 aliphatic carbocycles. The van der Waals surface area contributed by atoms with E-state index in [1.165, 1.54) is 0 Å². The molecule has 0 unspecified atom stereocenters. The Morgan fingerprint density at radius 1 is 0.477 bits per heavy atom. The zero-order chi connectivity index (χ0) is 32.8. The van der Waals surface area contributed by atoms with Gasteiger partial charge in [0.2, 0.25) is 0 Å². The van der Waals surface area contributed by atoms with Crippen LogP contribution in [0, 0.1) is 23.7 Å². The van der Waals surface area contributed by atoms with Gasteiger partial charge in [-0.1, -0.05) is 67.5 Å². The average molecular weight is 612 g/mol. The SMILES string of the molecule is CC(C)CCOc1cc(B(O)O)c(OCCC(C)C)cc1/C=C/c1cc(OCCC(C)C)c(B(O)O)cc1OCCC(C)C. The first kappa shape index (κ1) is 37.5. The Morgan fingerprint density at radius 2 is 0.750 bits per heavy atom. The van der Waals surface area contributed by atoms with Gasteiger partial charge in [-0.25, -0.2) is 0 Å². The second-order valence-corrected chi connectivity index (χ2v) is 13.1. The Kier molecular flexibility index (Phi) is 16.2. The molecular weight excluding hydrogens is 558 g/mol. The number of hydrogen-bond acceptors (Lipinski definition) is 8. The van der Waals surface area contributed by atoms with Gasteiger partial charge in [0.1, 0.15) is 23.0 Å². The van der Waals surface area contributed by atoms with Crippen LogP contribution in [0.1, 0.15) is 92.2 Å². The highest BCUT2D eigenvalue weighted by Crippen LogP contribution is 2.30. The molecule has 10 heteroatoms. The van der Waals surface area contributed by atoms with Crippen LogP contribution in [0.5, 0.6) is 23.0 Å². The van der Waals surface area contributed by atoms with E-state index in [0.29, 0.717) is 84.2 Å². The minimum Gasteiger partial charge on any atom is -0.494 e. The fourth-order valence-electron chi connectivity index (χ4n) is 4.14. The van der Waals surface area contributed by atoms with Gasteiger partial charge in [0.25, 0.3) is 0 Å². The van der Waals surface area contributed by atoms with Crippen LogP contribution >= 0.6 is 0 Å². The maximum Gasteiger partial charge on any atom is 0.492 e. The maximum atomic E-state index is 10.1. The number of benzene rings is 2. The van der Waals surface area contributed by atoms with E-state index in [1.54, 1.807) is 24.3 Å². The van der Waals surface area contributed by atoms with Crippen LogP contribution in [-0.4, -0.2) is 60.8 Å². The summed E-state index contributed by atoms with van der Waals surface area (Å²) in [7, 11) is -3.45. The Labute approximate surface area is 265 Å². The summed E-state index contributed by atoms with van der Waals surface area (Å²) in [5, 5.41) is 40.6. The van der Waals surface area contributed by atoms with Crippen molar-refractivity contribution in [2.75, 3.05) is 26.4 Å². The summed E-state index contributed by atoms with van der Waals surface area (Å²) >= 11 is 0. The van der Waals surface area contributed by atoms with E-state index in [-0.39, 0.29) is 10.9 Å². The largest absolute Gasteiger partial charge is 0.494 e. The molecule has 0 heterocycles. The van der Waals surface area contributed by atoms with Gasteiger partial charge in [0.15, 0.2) is 0 Å². The zero-order valence-electron chi connectivity index (χ0n) is 28.0. The molecule has 8 nitrogen and oxygen atoms in total. The standard InChI is InChI=1S/C34H54B2O8/c1-23(2)11-15-41-31-21-29(35(37)38)33(43-17-13-25(5)6)19-27(31)9-10-28-20-34(44-18-14-26(7)8)30(36(39)40)22-32(28)42-16-12-24(3)4/h9-10,19-26,37-40H,11-18H2,1-8H3/b10-9+. The third-order valence-corrected chi connectivity index (χ3v) is 7.09. The molecule has 0 aromatic heterocycles. The zero-order valence-corrected chi connectivity index (χ0v) is 28.0. The lowest BCUT2D eigenvalue weighted by Gasteiger charge is -2.18. The molecule has 0 aliphatic rings. The number of ether oxygens (including phenoxy) is 4. The Hall–Kier alpha value is -2.65. The number of rotatable bonds is 20. The van der Waals surface area contributed by atoms with Crippen molar-refractivity contribution in [3.05, 3.63) is 35.4 Å². The summed E-state index contributed by atoms with van der Waals surface area (Å²) < 4.78 is 24.3. The van der Waals surface area contributed by atoms with Gasteiger partial charge in [-0.05, 0) is 73.6 Å². The molecule has 244 valence electrons. The van der Waals surface area contributed by atoms with Gasteiger partial charge >= 0.3 is 14.2 Å². The molecule has 0 spiro atoms. The average Bonchev–Trinajstić information content (AvgIpc) is 2.92. The Morgan fingerprint density at radius 3 is 1.00 bits per heavy atom. The summed E-state index contributed by atoms with van der Waals surface area (Å²) in [6.45, 7) is 18.7. The molecule has 0 fully saturated rings. The molecule has 4 N–H and O–H groups in total. The third-order valence-electron chi connectivity index (χ3n) is 7.09. The van der Waals surface area contributed by atoms with Crippen molar-refractivity contribution in [2.24, 2.45) is 23.7 Å². The van der Waals surface area contributed by atoms with Crippen molar-refractivity contribution in [3.63, 3.8) is 0 Å². The molecule has 2 rings (SSSR count). The van der Waals surface area contributed by atoms with E-state index in [9.17, 15) is 20.1 Å². The highest BCUT2D eigenvalue weighted by Gasteiger charge is 2.23. The normalized spacial score (nSPS) is 11.7. The maximum absolute atomic E-state index is 10.1. The second-order valence-electron chi connectivity index (χ2n) is 13.1. The lowest BCUT2D eigenvalue weighted by Crippen LogP contribution is -2.32. The van der Waals surface area contributed by atoms with Crippen LogP contribution in [0.3, 0.4) is 0 Å². The molecule has 0 aliphatic heterocycles. The van der Waals surface area contributed by atoms with E-state index in [1.807, 2.05) is 12.2 Å². The molecule has 0 radical (unpaired) electrons. The first-order valence-electron chi connectivity index (χ1n) is 16.1. The summed E-state index contributed by atoms with van der Waals surface area (Å²) in [5.41, 5.74) is 1.87. The summed E-state index contributed by atoms with van der Waals surface area (Å²) in [6.07, 6.45) is 7.04. The lowest BCUT2D eigenvalue weighted by molar-refractivity contribution is 0.282. The van der Waals surface area contributed by atoms with Crippen LogP contribution in [0.15, 0.2) is 24.3 Å². The molecule has 0 saturated carbocycles. The summed E-state index contributed by atoms with van der Waals surface area (Å²) in [5.74, 6) is 3.50. The summed E-state index contributed by atoms with van der Waals surface area (Å²) in [4.78, 5) is 0. The molecule has 44 heavy (non-hydrogen) atoms. The van der Waals surface area contributed by atoms with Gasteiger partial charge < -0.3 is 39.0 Å². The minimum atomic E-state index is -1.72. The van der Waals surface area contributed by atoms with Crippen LogP contribution in [-0.2, 0) is 0 Å². The molecule has 0 bridgehead atoms. The summed E-state index contributed by atoms with van der Waals surface area (Å²) in [6, 6.07) is 6.78. The molecule has 0 atom stereocenters. The first-order chi connectivity index (χ1) is 20.8. The predicted molar refractivity (Wildman–Crippen MR) is 181 cm³/mol. The van der Waals surface area contributed by atoms with Gasteiger partial charge in [0, 0.05) is 22.1 Å². The Bertz CT molecular complexity index is 1070. The van der Waals surface area contributed by atoms with Crippen LogP contribution in [0.25, 0.3) is 12.2 Å².